The lowest BCUT2D eigenvalue weighted by Gasteiger charge is -2.03. The molecule has 0 unspecified atom stereocenters. The number of carbonyl (C=O) groups excluding carboxylic acids is 1. The van der Waals surface area contributed by atoms with E-state index in [1.54, 1.807) is 12.1 Å². The molecule has 1 aromatic carbocycles. The van der Waals surface area contributed by atoms with Gasteiger partial charge in [-0.25, -0.2) is 0 Å². The van der Waals surface area contributed by atoms with Crippen LogP contribution in [-0.4, -0.2) is 25.0 Å². The number of hydrogen-bond donors (Lipinski definition) is 4. The zero-order valence-corrected chi connectivity index (χ0v) is 9.78. The minimum atomic E-state index is -0.0385. The Bertz CT molecular complexity index is 371. The van der Waals surface area contributed by atoms with Crippen LogP contribution in [0, 0.1) is 0 Å². The minimum Gasteiger partial charge on any atom is -0.352 e. The molecule has 1 rings (SSSR count). The van der Waals surface area contributed by atoms with Crippen molar-refractivity contribution in [2.24, 2.45) is 11.5 Å². The van der Waals surface area contributed by atoms with Crippen LogP contribution in [0.4, 0.5) is 0 Å². The van der Waals surface area contributed by atoms with E-state index in [1.807, 2.05) is 18.2 Å². The smallest absolute Gasteiger partial charge is 0.338 e. The van der Waals surface area contributed by atoms with E-state index in [1.165, 1.54) is 0 Å². The molecule has 0 fully saturated rings. The monoisotopic (exact) mass is 235 g/mol. The summed E-state index contributed by atoms with van der Waals surface area (Å²) in [7, 11) is 0. The van der Waals surface area contributed by atoms with E-state index in [-0.39, 0.29) is 11.9 Å². The fourth-order valence-electron chi connectivity index (χ4n) is 1.38. The van der Waals surface area contributed by atoms with Crippen LogP contribution >= 0.6 is 0 Å². The fourth-order valence-corrected chi connectivity index (χ4v) is 1.38. The molecule has 0 saturated carbocycles. The number of rotatable bonds is 6. The summed E-state index contributed by atoms with van der Waals surface area (Å²) in [6.07, 6.45) is 1.80. The molecule has 1 amide bonds. The average Bonchev–Trinajstić information content (AvgIpc) is 2.34. The molecule has 5 nitrogen and oxygen atoms in total. The van der Waals surface area contributed by atoms with Crippen LogP contribution in [0.1, 0.15) is 23.2 Å². The van der Waals surface area contributed by atoms with Crippen molar-refractivity contribution in [3.05, 3.63) is 35.9 Å². The van der Waals surface area contributed by atoms with Gasteiger partial charge in [-0.1, -0.05) is 18.2 Å². The number of guanidine groups is 1. The summed E-state index contributed by atoms with van der Waals surface area (Å²) in [5, 5.41) is 2.85. The van der Waals surface area contributed by atoms with E-state index < -0.39 is 0 Å². The second-order valence-corrected chi connectivity index (χ2v) is 3.71. The number of hydrogen-bond acceptors (Lipinski definition) is 1. The van der Waals surface area contributed by atoms with Crippen molar-refractivity contribution in [2.45, 2.75) is 12.8 Å². The molecule has 1 aromatic rings. The lowest BCUT2D eigenvalue weighted by atomic mass is 10.2. The normalized spacial score (nSPS) is 9.65. The second kappa shape index (κ2) is 7.27. The quantitative estimate of drug-likeness (QED) is 0.276. The predicted molar refractivity (Wildman–Crippen MR) is 67.2 cm³/mol. The zero-order chi connectivity index (χ0) is 12.5. The summed E-state index contributed by atoms with van der Waals surface area (Å²) >= 11 is 0. The molecule has 0 spiro atoms. The molecule has 0 radical (unpaired) electrons. The highest BCUT2D eigenvalue weighted by atomic mass is 16.1. The van der Waals surface area contributed by atoms with E-state index in [0.717, 1.165) is 19.4 Å². The minimum absolute atomic E-state index is 0.0385. The molecule has 0 saturated heterocycles. The number of nitrogens with two attached hydrogens (primary N) is 2. The molecule has 0 aromatic heterocycles. The maximum atomic E-state index is 11.6. The Morgan fingerprint density at radius 3 is 2.53 bits per heavy atom. The van der Waals surface area contributed by atoms with Crippen LogP contribution in [0.2, 0.25) is 0 Å². The van der Waals surface area contributed by atoms with Gasteiger partial charge in [-0.3, -0.25) is 21.3 Å². The van der Waals surface area contributed by atoms with Gasteiger partial charge in [0.15, 0.2) is 0 Å². The van der Waals surface area contributed by atoms with Crippen molar-refractivity contribution in [2.75, 3.05) is 13.1 Å². The third-order valence-electron chi connectivity index (χ3n) is 2.25. The number of carbonyl (C=O) groups is 1. The van der Waals surface area contributed by atoms with Gasteiger partial charge >= 0.3 is 5.96 Å². The van der Waals surface area contributed by atoms with Crippen molar-refractivity contribution >= 4 is 11.9 Å². The maximum absolute atomic E-state index is 11.6. The molecule has 0 bridgehead atoms. The predicted octanol–water partition coefficient (Wildman–Crippen LogP) is -1.45. The summed E-state index contributed by atoms with van der Waals surface area (Å²) in [5.74, 6) is 0.196. The molecule has 92 valence electrons. The average molecular weight is 235 g/mol. The molecule has 0 aliphatic heterocycles. The molecule has 0 heterocycles. The number of unbranched alkanes of at least 4 members (excludes halogenated alkanes) is 1. The number of nitrogens with one attached hydrogen (secondary N) is 2. The van der Waals surface area contributed by atoms with Gasteiger partial charge in [0.05, 0.1) is 6.54 Å². The van der Waals surface area contributed by atoms with Gasteiger partial charge in [-0.15, -0.1) is 0 Å². The molecule has 0 aliphatic carbocycles. The van der Waals surface area contributed by atoms with Crippen LogP contribution in [0.15, 0.2) is 30.3 Å². The molecular formula is C12H19N4O+. The van der Waals surface area contributed by atoms with E-state index >= 15 is 0 Å². The molecule has 0 aliphatic rings. The van der Waals surface area contributed by atoms with E-state index in [0.29, 0.717) is 12.1 Å². The summed E-state index contributed by atoms with van der Waals surface area (Å²) in [5.41, 5.74) is 11.2. The first-order chi connectivity index (χ1) is 8.20. The summed E-state index contributed by atoms with van der Waals surface area (Å²) < 4.78 is 0. The third-order valence-corrected chi connectivity index (χ3v) is 2.25. The Balaban J connectivity index is 2.15. The van der Waals surface area contributed by atoms with E-state index in [4.69, 9.17) is 11.5 Å². The van der Waals surface area contributed by atoms with Gasteiger partial charge in [-0.05, 0) is 25.0 Å². The third kappa shape index (κ3) is 5.55. The van der Waals surface area contributed by atoms with Crippen LogP contribution in [0.5, 0.6) is 0 Å². The van der Waals surface area contributed by atoms with Crippen LogP contribution in [0.3, 0.4) is 0 Å². The molecule has 5 heteroatoms. The van der Waals surface area contributed by atoms with Crippen molar-refractivity contribution in [1.82, 2.24) is 5.32 Å². The number of amides is 1. The summed E-state index contributed by atoms with van der Waals surface area (Å²) in [6.45, 7) is 1.38. The topological polar surface area (TPSA) is 95.1 Å². The van der Waals surface area contributed by atoms with Crippen LogP contribution in [0.25, 0.3) is 0 Å². The summed E-state index contributed by atoms with van der Waals surface area (Å²) in [4.78, 5) is 14.4. The van der Waals surface area contributed by atoms with Gasteiger partial charge < -0.3 is 5.32 Å². The number of benzene rings is 1. The highest BCUT2D eigenvalue weighted by Gasteiger charge is 2.02. The van der Waals surface area contributed by atoms with E-state index in [9.17, 15) is 4.79 Å². The first-order valence-electron chi connectivity index (χ1n) is 5.65. The van der Waals surface area contributed by atoms with Gasteiger partial charge in [0, 0.05) is 12.1 Å². The zero-order valence-electron chi connectivity index (χ0n) is 9.78. The Hall–Kier alpha value is -2.04. The SMILES string of the molecule is NC(N)=[NH+]CCCCNC(=O)c1ccccc1. The highest BCUT2D eigenvalue weighted by Crippen LogP contribution is 1.97. The Morgan fingerprint density at radius 2 is 1.88 bits per heavy atom. The molecule has 6 N–H and O–H groups in total. The summed E-state index contributed by atoms with van der Waals surface area (Å²) in [6, 6.07) is 9.16. The lowest BCUT2D eigenvalue weighted by molar-refractivity contribution is -0.459. The van der Waals surface area contributed by atoms with Crippen LogP contribution < -0.4 is 21.8 Å². The van der Waals surface area contributed by atoms with Gasteiger partial charge in [-0.2, -0.15) is 0 Å². The molecule has 17 heavy (non-hydrogen) atoms. The molecular weight excluding hydrogens is 216 g/mol. The van der Waals surface area contributed by atoms with E-state index in [2.05, 4.69) is 10.3 Å². The first-order valence-corrected chi connectivity index (χ1v) is 5.65. The van der Waals surface area contributed by atoms with Crippen molar-refractivity contribution in [3.63, 3.8) is 0 Å². The lowest BCUT2D eigenvalue weighted by Crippen LogP contribution is -2.78. The maximum Gasteiger partial charge on any atom is 0.338 e. The van der Waals surface area contributed by atoms with Crippen molar-refractivity contribution in [1.29, 1.82) is 0 Å². The van der Waals surface area contributed by atoms with Crippen molar-refractivity contribution in [3.8, 4) is 0 Å². The fraction of sp³-hybridized carbons (Fsp3) is 0.333. The Labute approximate surface area is 101 Å². The van der Waals surface area contributed by atoms with Gasteiger partial charge in [0.25, 0.3) is 5.91 Å². The standard InChI is InChI=1S/C12H18N4O/c13-12(14)16-9-5-4-8-15-11(17)10-6-2-1-3-7-10/h1-3,6-7H,4-5,8-9H2,(H,15,17)(H4,13,14,16)/p+1. The Kier molecular flexibility index (Phi) is 5.57. The van der Waals surface area contributed by atoms with Crippen molar-refractivity contribution < 1.29 is 9.79 Å². The molecule has 0 atom stereocenters. The van der Waals surface area contributed by atoms with Crippen LogP contribution in [-0.2, 0) is 0 Å². The Morgan fingerprint density at radius 1 is 1.18 bits per heavy atom. The van der Waals surface area contributed by atoms with Gasteiger partial charge in [0.2, 0.25) is 0 Å². The second-order valence-electron chi connectivity index (χ2n) is 3.71. The first kappa shape index (κ1) is 13.0. The largest absolute Gasteiger partial charge is 0.352 e. The highest BCUT2D eigenvalue weighted by molar-refractivity contribution is 5.94. The van der Waals surface area contributed by atoms with Gasteiger partial charge in [0.1, 0.15) is 0 Å².